The van der Waals surface area contributed by atoms with Crippen LogP contribution in [0, 0.1) is 0 Å². The van der Waals surface area contributed by atoms with E-state index >= 15 is 0 Å². The van der Waals surface area contributed by atoms with Crippen molar-refractivity contribution >= 4 is 0 Å². The van der Waals surface area contributed by atoms with Crippen molar-refractivity contribution in [1.29, 1.82) is 0 Å². The second-order valence-corrected chi connectivity index (χ2v) is 4.29. The van der Waals surface area contributed by atoms with E-state index in [4.69, 9.17) is 5.11 Å². The van der Waals surface area contributed by atoms with E-state index in [0.29, 0.717) is 6.54 Å². The summed E-state index contributed by atoms with van der Waals surface area (Å²) in [6.45, 7) is 8.64. The normalized spacial score (nSPS) is 23.1. The van der Waals surface area contributed by atoms with Crippen LogP contribution in [0.25, 0.3) is 0 Å². The van der Waals surface area contributed by atoms with Gasteiger partial charge in [0.25, 0.3) is 0 Å². The molecule has 0 unspecified atom stereocenters. The highest BCUT2D eigenvalue weighted by molar-refractivity contribution is 4.60. The minimum Gasteiger partial charge on any atom is -0.395 e. The molecule has 17 heavy (non-hydrogen) atoms. The molecule has 6 heteroatoms. The van der Waals surface area contributed by atoms with Crippen molar-refractivity contribution in [3.63, 3.8) is 0 Å². The van der Waals surface area contributed by atoms with Gasteiger partial charge in [-0.2, -0.15) is 0 Å². The molecule has 1 rings (SSSR count). The van der Waals surface area contributed by atoms with Crippen molar-refractivity contribution in [3.05, 3.63) is 0 Å². The van der Waals surface area contributed by atoms with Gasteiger partial charge in [-0.25, -0.2) is 0 Å². The fourth-order valence-electron chi connectivity index (χ4n) is 1.77. The summed E-state index contributed by atoms with van der Waals surface area (Å²) >= 11 is 0. The summed E-state index contributed by atoms with van der Waals surface area (Å²) in [4.78, 5) is 2.17. The first-order valence-electron chi connectivity index (χ1n) is 6.59. The van der Waals surface area contributed by atoms with Crippen LogP contribution in [0.5, 0.6) is 0 Å². The first-order valence-corrected chi connectivity index (χ1v) is 6.59. The lowest BCUT2D eigenvalue weighted by atomic mass is 10.4. The minimum atomic E-state index is 0.208. The Labute approximate surface area is 104 Å². The molecule has 0 aliphatic carbocycles. The van der Waals surface area contributed by atoms with Crippen LogP contribution in [-0.2, 0) is 0 Å². The Morgan fingerprint density at radius 1 is 0.765 bits per heavy atom. The monoisotopic (exact) mass is 245 g/mol. The molecule has 0 radical (unpaired) electrons. The van der Waals surface area contributed by atoms with Crippen molar-refractivity contribution in [2.24, 2.45) is 0 Å². The van der Waals surface area contributed by atoms with E-state index in [1.54, 1.807) is 0 Å². The summed E-state index contributed by atoms with van der Waals surface area (Å²) < 4.78 is 0. The Morgan fingerprint density at radius 2 is 1.29 bits per heavy atom. The van der Waals surface area contributed by atoms with E-state index in [0.717, 1.165) is 52.6 Å². The Morgan fingerprint density at radius 3 is 1.82 bits per heavy atom. The van der Waals surface area contributed by atoms with E-state index in [1.165, 1.54) is 6.42 Å². The van der Waals surface area contributed by atoms with E-state index in [2.05, 4.69) is 26.2 Å². The number of hydrogen-bond donors (Lipinski definition) is 5. The van der Waals surface area contributed by atoms with Crippen LogP contribution in [-0.4, -0.2) is 75.8 Å². The van der Waals surface area contributed by atoms with Gasteiger partial charge in [-0.1, -0.05) is 0 Å². The fraction of sp³-hybridized carbons (Fsp3) is 1.00. The third kappa shape index (κ3) is 8.48. The standard InChI is InChI=1S/C11H27N5O/c17-9-8-16-10-14-6-4-12-2-1-3-13-5-7-15-11-16/h12-15,17H,1-11H2. The second-order valence-electron chi connectivity index (χ2n) is 4.29. The van der Waals surface area contributed by atoms with Crippen molar-refractivity contribution in [3.8, 4) is 0 Å². The maximum atomic E-state index is 8.97. The van der Waals surface area contributed by atoms with Gasteiger partial charge in [0, 0.05) is 46.1 Å². The molecule has 0 spiro atoms. The number of nitrogens with one attached hydrogen (secondary N) is 4. The lowest BCUT2D eigenvalue weighted by molar-refractivity contribution is 0.176. The molecule has 6 nitrogen and oxygen atoms in total. The van der Waals surface area contributed by atoms with Crippen molar-refractivity contribution in [1.82, 2.24) is 26.2 Å². The van der Waals surface area contributed by atoms with Gasteiger partial charge in [-0.05, 0) is 19.5 Å². The third-order valence-electron chi connectivity index (χ3n) is 2.75. The molecule has 0 aromatic heterocycles. The van der Waals surface area contributed by atoms with Gasteiger partial charge in [0.15, 0.2) is 0 Å². The average Bonchev–Trinajstić information content (AvgIpc) is 2.34. The summed E-state index contributed by atoms with van der Waals surface area (Å²) in [5.41, 5.74) is 0. The Bertz CT molecular complexity index is 156. The summed E-state index contributed by atoms with van der Waals surface area (Å²) in [5.74, 6) is 0. The molecule has 0 aromatic carbocycles. The highest BCUT2D eigenvalue weighted by Gasteiger charge is 2.02. The number of nitrogens with zero attached hydrogens (tertiary/aromatic N) is 1. The molecule has 1 aliphatic heterocycles. The fourth-order valence-corrected chi connectivity index (χ4v) is 1.77. The number of aliphatic hydroxyl groups is 1. The molecule has 102 valence electrons. The SMILES string of the molecule is OCCN1CNCCNCCCNCCNC1. The smallest absolute Gasteiger partial charge is 0.0559 e. The van der Waals surface area contributed by atoms with Crippen LogP contribution >= 0.6 is 0 Å². The third-order valence-corrected chi connectivity index (χ3v) is 2.75. The van der Waals surface area contributed by atoms with Crippen molar-refractivity contribution < 1.29 is 5.11 Å². The molecule has 5 N–H and O–H groups in total. The molecule has 1 fully saturated rings. The minimum absolute atomic E-state index is 0.208. The molecule has 0 bridgehead atoms. The van der Waals surface area contributed by atoms with Gasteiger partial charge in [-0.15, -0.1) is 0 Å². The number of rotatable bonds is 2. The average molecular weight is 245 g/mol. The predicted molar refractivity (Wildman–Crippen MR) is 69.9 cm³/mol. The highest BCUT2D eigenvalue weighted by atomic mass is 16.3. The van der Waals surface area contributed by atoms with E-state index in [9.17, 15) is 0 Å². The van der Waals surface area contributed by atoms with Crippen LogP contribution in [0.1, 0.15) is 6.42 Å². The Hall–Kier alpha value is -0.240. The predicted octanol–water partition coefficient (Wildman–Crippen LogP) is -2.04. The summed E-state index contributed by atoms with van der Waals surface area (Å²) in [6, 6.07) is 0. The van der Waals surface area contributed by atoms with Gasteiger partial charge in [0.1, 0.15) is 0 Å². The number of β-amino-alcohol motifs (C(OH)–C–C–N with tert-alkyl or cyclic N) is 1. The van der Waals surface area contributed by atoms with Gasteiger partial charge in [0.05, 0.1) is 6.61 Å². The molecular formula is C11H27N5O. The molecule has 1 saturated heterocycles. The van der Waals surface area contributed by atoms with Crippen molar-refractivity contribution in [2.45, 2.75) is 6.42 Å². The number of aliphatic hydroxyl groups excluding tert-OH is 1. The van der Waals surface area contributed by atoms with E-state index in [1.807, 2.05) is 0 Å². The van der Waals surface area contributed by atoms with E-state index < -0.39 is 0 Å². The first kappa shape index (κ1) is 14.8. The highest BCUT2D eigenvalue weighted by Crippen LogP contribution is 1.82. The zero-order valence-electron chi connectivity index (χ0n) is 10.7. The number of hydrogen-bond acceptors (Lipinski definition) is 6. The van der Waals surface area contributed by atoms with Crippen LogP contribution in [0.4, 0.5) is 0 Å². The zero-order valence-corrected chi connectivity index (χ0v) is 10.7. The lowest BCUT2D eigenvalue weighted by Crippen LogP contribution is -2.45. The van der Waals surface area contributed by atoms with Gasteiger partial charge in [0.2, 0.25) is 0 Å². The quantitative estimate of drug-likeness (QED) is 0.386. The molecular weight excluding hydrogens is 218 g/mol. The largest absolute Gasteiger partial charge is 0.395 e. The van der Waals surface area contributed by atoms with Crippen LogP contribution in [0.3, 0.4) is 0 Å². The lowest BCUT2D eigenvalue weighted by Gasteiger charge is -2.22. The van der Waals surface area contributed by atoms with Gasteiger partial charge < -0.3 is 26.4 Å². The van der Waals surface area contributed by atoms with E-state index in [-0.39, 0.29) is 6.61 Å². The Balaban J connectivity index is 2.19. The molecule has 0 aromatic rings. The first-order chi connectivity index (χ1) is 8.43. The molecule has 1 heterocycles. The molecule has 0 atom stereocenters. The van der Waals surface area contributed by atoms with Crippen LogP contribution in [0.2, 0.25) is 0 Å². The maximum Gasteiger partial charge on any atom is 0.0559 e. The topological polar surface area (TPSA) is 71.6 Å². The summed E-state index contributed by atoms with van der Waals surface area (Å²) in [7, 11) is 0. The molecule has 0 amide bonds. The van der Waals surface area contributed by atoms with Crippen molar-refractivity contribution in [2.75, 3.05) is 65.8 Å². The second kappa shape index (κ2) is 10.9. The molecule has 1 aliphatic rings. The van der Waals surface area contributed by atoms with Crippen LogP contribution in [0.15, 0.2) is 0 Å². The summed E-state index contributed by atoms with van der Waals surface area (Å²) in [5, 5.41) is 22.5. The Kier molecular flexibility index (Phi) is 9.49. The summed E-state index contributed by atoms with van der Waals surface area (Å²) in [6.07, 6.45) is 1.18. The maximum absolute atomic E-state index is 8.97. The van der Waals surface area contributed by atoms with Gasteiger partial charge in [-0.3, -0.25) is 4.90 Å². The zero-order chi connectivity index (χ0) is 12.2. The molecule has 0 saturated carbocycles. The van der Waals surface area contributed by atoms with Crippen LogP contribution < -0.4 is 21.3 Å². The van der Waals surface area contributed by atoms with Gasteiger partial charge >= 0.3 is 0 Å².